The molecule has 1 aliphatic carbocycles. The summed E-state index contributed by atoms with van der Waals surface area (Å²) in [4.78, 5) is 20.6. The maximum atomic E-state index is 11.7. The Balaban J connectivity index is 1.70. The first-order valence-corrected chi connectivity index (χ1v) is 7.39. The molecular weight excluding hydrogens is 264 g/mol. The third-order valence-electron chi connectivity index (χ3n) is 3.20. The van der Waals surface area contributed by atoms with Crippen molar-refractivity contribution in [3.63, 3.8) is 0 Å². The van der Waals surface area contributed by atoms with Gasteiger partial charge >= 0.3 is 6.03 Å². The molecule has 2 amide bonds. The van der Waals surface area contributed by atoms with E-state index in [2.05, 4.69) is 21.1 Å². The summed E-state index contributed by atoms with van der Waals surface area (Å²) in [6.07, 6.45) is 7.96. The molecule has 3 N–H and O–H groups in total. The summed E-state index contributed by atoms with van der Waals surface area (Å²) in [5.41, 5.74) is 2.67. The van der Waals surface area contributed by atoms with Crippen LogP contribution in [0.2, 0.25) is 0 Å². The fourth-order valence-corrected chi connectivity index (χ4v) is 2.94. The van der Waals surface area contributed by atoms with E-state index in [-0.39, 0.29) is 6.03 Å². The summed E-state index contributed by atoms with van der Waals surface area (Å²) < 4.78 is 0. The second kappa shape index (κ2) is 7.30. The molecule has 1 aromatic heterocycles. The largest absolute Gasteiger partial charge is 0.338 e. The van der Waals surface area contributed by atoms with E-state index in [0.717, 1.165) is 11.5 Å². The summed E-state index contributed by atoms with van der Waals surface area (Å²) >= 11 is 1.33. The smallest absolute Gasteiger partial charge is 0.321 e. The number of rotatable bonds is 5. The number of nitrogens with zero attached hydrogens (tertiary/aromatic N) is 1. The minimum atomic E-state index is -0.191. The molecule has 0 spiro atoms. The Morgan fingerprint density at radius 2 is 2.26 bits per heavy atom. The van der Waals surface area contributed by atoms with Gasteiger partial charge < -0.3 is 5.32 Å². The number of carbonyl (C=O) groups excluding carboxylic acids is 1. The predicted molar refractivity (Wildman–Crippen MR) is 76.3 cm³/mol. The van der Waals surface area contributed by atoms with Gasteiger partial charge in [-0.3, -0.25) is 15.6 Å². The summed E-state index contributed by atoms with van der Waals surface area (Å²) in [7, 11) is 1.53. The number of hydrogen-bond donors (Lipinski definition) is 3. The molecule has 1 saturated carbocycles. The molecule has 0 aromatic carbocycles. The van der Waals surface area contributed by atoms with Gasteiger partial charge in [-0.05, 0) is 18.8 Å². The Kier molecular flexibility index (Phi) is 5.41. The molecule has 1 aromatic rings. The zero-order valence-electron chi connectivity index (χ0n) is 11.1. The summed E-state index contributed by atoms with van der Waals surface area (Å²) in [5.74, 6) is 0.626. The number of thiazole rings is 1. The number of anilines is 2. The molecule has 0 bridgehead atoms. The predicted octanol–water partition coefficient (Wildman–Crippen LogP) is 2.82. The van der Waals surface area contributed by atoms with Crippen LogP contribution in [-0.4, -0.2) is 24.7 Å². The molecule has 0 radical (unpaired) electrons. The number of hydrogen-bond acceptors (Lipinski definition) is 5. The highest BCUT2D eigenvalue weighted by Crippen LogP contribution is 2.24. The molecule has 6 nitrogen and oxygen atoms in total. The van der Waals surface area contributed by atoms with Crippen LogP contribution in [0.1, 0.15) is 32.1 Å². The summed E-state index contributed by atoms with van der Waals surface area (Å²) in [5, 5.41) is 6.94. The average molecular weight is 284 g/mol. The van der Waals surface area contributed by atoms with Crippen molar-refractivity contribution in [2.24, 2.45) is 5.92 Å². The van der Waals surface area contributed by atoms with Gasteiger partial charge in [-0.25, -0.2) is 9.78 Å². The highest BCUT2D eigenvalue weighted by Gasteiger charge is 2.14. The molecule has 0 unspecified atom stereocenters. The fourth-order valence-electron chi connectivity index (χ4n) is 2.25. The van der Waals surface area contributed by atoms with Crippen LogP contribution in [0.5, 0.6) is 0 Å². The minimum Gasteiger partial charge on any atom is -0.338 e. The van der Waals surface area contributed by atoms with Gasteiger partial charge in [-0.1, -0.05) is 30.6 Å². The van der Waals surface area contributed by atoms with Gasteiger partial charge in [-0.2, -0.15) is 0 Å². The van der Waals surface area contributed by atoms with Crippen LogP contribution in [0, 0.1) is 5.92 Å². The lowest BCUT2D eigenvalue weighted by atomic mass is 9.89. The van der Waals surface area contributed by atoms with Gasteiger partial charge in [-0.15, -0.1) is 0 Å². The van der Waals surface area contributed by atoms with Crippen LogP contribution in [-0.2, 0) is 4.84 Å². The Bertz CT molecular complexity index is 404. The fraction of sp³-hybridized carbons (Fsp3) is 0.667. The Morgan fingerprint density at radius 1 is 1.47 bits per heavy atom. The van der Waals surface area contributed by atoms with Gasteiger partial charge in [0.15, 0.2) is 5.13 Å². The molecule has 1 fully saturated rings. The summed E-state index contributed by atoms with van der Waals surface area (Å²) in [6, 6.07) is -0.191. The van der Waals surface area contributed by atoms with Gasteiger partial charge in [0.25, 0.3) is 0 Å². The average Bonchev–Trinajstić information content (AvgIpc) is 2.85. The molecule has 106 valence electrons. The first-order chi connectivity index (χ1) is 9.28. The van der Waals surface area contributed by atoms with Crippen LogP contribution in [0.4, 0.5) is 14.9 Å². The van der Waals surface area contributed by atoms with Crippen molar-refractivity contribution in [2.75, 3.05) is 24.5 Å². The zero-order valence-corrected chi connectivity index (χ0v) is 11.9. The highest BCUT2D eigenvalue weighted by atomic mass is 32.1. The second-order valence-corrected chi connectivity index (χ2v) is 5.71. The van der Waals surface area contributed by atoms with E-state index in [1.54, 1.807) is 6.20 Å². The molecule has 1 heterocycles. The number of urea groups is 1. The van der Waals surface area contributed by atoms with Crippen molar-refractivity contribution in [3.05, 3.63) is 6.20 Å². The molecule has 1 aliphatic rings. The highest BCUT2D eigenvalue weighted by molar-refractivity contribution is 7.19. The van der Waals surface area contributed by atoms with Crippen LogP contribution in [0.25, 0.3) is 0 Å². The van der Waals surface area contributed by atoms with Crippen LogP contribution in [0.3, 0.4) is 0 Å². The van der Waals surface area contributed by atoms with Crippen molar-refractivity contribution in [2.45, 2.75) is 32.1 Å². The van der Waals surface area contributed by atoms with Crippen molar-refractivity contribution in [1.29, 1.82) is 0 Å². The van der Waals surface area contributed by atoms with Gasteiger partial charge in [0, 0.05) is 6.54 Å². The maximum Gasteiger partial charge on any atom is 0.321 e. The van der Waals surface area contributed by atoms with E-state index in [0.29, 0.717) is 11.0 Å². The third kappa shape index (κ3) is 4.68. The number of nitrogens with one attached hydrogen (secondary N) is 3. The normalized spacial score (nSPS) is 16.1. The second-order valence-electron chi connectivity index (χ2n) is 4.67. The van der Waals surface area contributed by atoms with E-state index in [4.69, 9.17) is 4.84 Å². The molecule has 0 aliphatic heterocycles. The lowest BCUT2D eigenvalue weighted by Crippen LogP contribution is -2.33. The summed E-state index contributed by atoms with van der Waals surface area (Å²) in [6.45, 7) is 0.750. The van der Waals surface area contributed by atoms with Gasteiger partial charge in [0.2, 0.25) is 0 Å². The molecule has 2 rings (SSSR count). The Labute approximate surface area is 116 Å². The monoisotopic (exact) mass is 284 g/mol. The number of amides is 2. The van der Waals surface area contributed by atoms with E-state index < -0.39 is 0 Å². The van der Waals surface area contributed by atoms with Crippen molar-refractivity contribution >= 4 is 27.5 Å². The first-order valence-electron chi connectivity index (χ1n) is 6.57. The lowest BCUT2D eigenvalue weighted by molar-refractivity contribution is 0.247. The topological polar surface area (TPSA) is 75.3 Å². The number of aromatic nitrogens is 1. The van der Waals surface area contributed by atoms with E-state index in [1.807, 2.05) is 0 Å². The first kappa shape index (κ1) is 14.1. The van der Waals surface area contributed by atoms with E-state index >= 15 is 0 Å². The Hall–Kier alpha value is -1.34. The van der Waals surface area contributed by atoms with E-state index in [9.17, 15) is 4.79 Å². The van der Waals surface area contributed by atoms with Crippen LogP contribution < -0.4 is 16.1 Å². The van der Waals surface area contributed by atoms with Crippen molar-refractivity contribution in [1.82, 2.24) is 10.3 Å². The van der Waals surface area contributed by atoms with Gasteiger partial charge in [0.1, 0.15) is 5.00 Å². The van der Waals surface area contributed by atoms with Crippen LogP contribution in [0.15, 0.2) is 6.20 Å². The quantitative estimate of drug-likeness (QED) is 0.727. The standard InChI is InChI=1S/C12H20N4O2S/c1-18-16-10-8-14-12(19-10)15-11(17)13-7-9-5-3-2-4-6-9/h8-9,16H,2-7H2,1H3,(H2,13,14,15,17). The zero-order chi connectivity index (χ0) is 13.5. The molecular formula is C12H20N4O2S. The van der Waals surface area contributed by atoms with Crippen molar-refractivity contribution in [3.8, 4) is 0 Å². The maximum absolute atomic E-state index is 11.7. The SMILES string of the molecule is CONc1cnc(NC(=O)NCC2CCCCC2)s1. The van der Waals surface area contributed by atoms with Crippen molar-refractivity contribution < 1.29 is 9.63 Å². The van der Waals surface area contributed by atoms with Crippen LogP contribution >= 0.6 is 11.3 Å². The lowest BCUT2D eigenvalue weighted by Gasteiger charge is -2.21. The third-order valence-corrected chi connectivity index (χ3v) is 4.01. The Morgan fingerprint density at radius 3 is 3.00 bits per heavy atom. The number of carbonyl (C=O) groups is 1. The minimum absolute atomic E-state index is 0.191. The molecule has 7 heteroatoms. The molecule has 19 heavy (non-hydrogen) atoms. The molecule has 0 saturated heterocycles. The van der Waals surface area contributed by atoms with Gasteiger partial charge in [0.05, 0.1) is 13.3 Å². The molecule has 0 atom stereocenters. The van der Waals surface area contributed by atoms with E-state index in [1.165, 1.54) is 50.6 Å².